The van der Waals surface area contributed by atoms with Crippen molar-refractivity contribution in [2.75, 3.05) is 6.61 Å². The summed E-state index contributed by atoms with van der Waals surface area (Å²) in [6.45, 7) is 11.8. The Morgan fingerprint density at radius 3 is 2.41 bits per heavy atom. The van der Waals surface area contributed by atoms with E-state index in [1.807, 2.05) is 71.9 Å². The highest BCUT2D eigenvalue weighted by molar-refractivity contribution is 5.99. The molecule has 3 fully saturated rings. The van der Waals surface area contributed by atoms with E-state index in [9.17, 15) is 19.5 Å². The molecule has 2 unspecified atom stereocenters. The predicted molar refractivity (Wildman–Crippen MR) is 140 cm³/mol. The van der Waals surface area contributed by atoms with Gasteiger partial charge in [0.25, 0.3) is 0 Å². The van der Waals surface area contributed by atoms with Crippen molar-refractivity contribution in [1.82, 2.24) is 15.5 Å². The molecular weight excluding hydrogens is 470 g/mol. The van der Waals surface area contributed by atoms with Crippen LogP contribution in [0.25, 0.3) is 0 Å². The molecule has 3 saturated heterocycles. The Bertz CT molecular complexity index is 1020. The van der Waals surface area contributed by atoms with Crippen molar-refractivity contribution in [2.45, 2.75) is 103 Å². The zero-order valence-electron chi connectivity index (χ0n) is 23.0. The Morgan fingerprint density at radius 2 is 1.84 bits per heavy atom. The third-order valence-electron chi connectivity index (χ3n) is 8.80. The molecule has 1 spiro atoms. The third kappa shape index (κ3) is 4.56. The number of likely N-dealkylation sites (tertiary alicyclic amines) is 1. The standard InChI is InChI=1S/C29H43N3O5/c1-7-18(3)20(17-33)32-23(25(35)31-27(4,5)6)29-15-14-28(8-2,37-29)21(22(29)26(32)36)24(34)30-16-19-12-10-9-11-13-19/h9-13,18,20-23,33H,7-8,14-17H2,1-6H3,(H,30,34)(H,31,35)/t18-,20-,21-,22-,23?,28+,29?/m0/s1. The predicted octanol–water partition coefficient (Wildman–Crippen LogP) is 2.78. The lowest BCUT2D eigenvalue weighted by Gasteiger charge is -2.40. The second kappa shape index (κ2) is 10.0. The second-order valence-corrected chi connectivity index (χ2v) is 12.2. The maximum Gasteiger partial charge on any atom is 0.246 e. The molecule has 37 heavy (non-hydrogen) atoms. The molecule has 1 aromatic rings. The Kier molecular flexibility index (Phi) is 7.47. The Balaban J connectivity index is 1.75. The van der Waals surface area contributed by atoms with Gasteiger partial charge in [0.1, 0.15) is 11.6 Å². The summed E-state index contributed by atoms with van der Waals surface area (Å²) >= 11 is 0. The number of carbonyl (C=O) groups excluding carboxylic acids is 3. The summed E-state index contributed by atoms with van der Waals surface area (Å²) in [5.74, 6) is -2.27. The summed E-state index contributed by atoms with van der Waals surface area (Å²) in [6.07, 6.45) is 2.44. The smallest absolute Gasteiger partial charge is 0.246 e. The molecule has 1 aromatic carbocycles. The van der Waals surface area contributed by atoms with Crippen molar-refractivity contribution in [1.29, 1.82) is 0 Å². The number of ether oxygens (including phenoxy) is 1. The van der Waals surface area contributed by atoms with Crippen LogP contribution in [0.5, 0.6) is 0 Å². The van der Waals surface area contributed by atoms with E-state index >= 15 is 0 Å². The molecule has 8 nitrogen and oxygen atoms in total. The van der Waals surface area contributed by atoms with Crippen molar-refractivity contribution < 1.29 is 24.2 Å². The van der Waals surface area contributed by atoms with Crippen molar-refractivity contribution in [3.8, 4) is 0 Å². The molecule has 3 aliphatic heterocycles. The number of rotatable bonds is 9. The number of aliphatic hydroxyl groups excluding tert-OH is 1. The van der Waals surface area contributed by atoms with Crippen molar-refractivity contribution >= 4 is 17.7 Å². The monoisotopic (exact) mass is 513 g/mol. The largest absolute Gasteiger partial charge is 0.394 e. The van der Waals surface area contributed by atoms with Gasteiger partial charge in [0.15, 0.2) is 0 Å². The Morgan fingerprint density at radius 1 is 1.16 bits per heavy atom. The van der Waals surface area contributed by atoms with Gasteiger partial charge in [-0.3, -0.25) is 14.4 Å². The summed E-state index contributed by atoms with van der Waals surface area (Å²) in [4.78, 5) is 43.5. The number of hydrogen-bond donors (Lipinski definition) is 3. The fraction of sp³-hybridized carbons (Fsp3) is 0.690. The lowest BCUT2D eigenvalue weighted by atomic mass is 9.65. The number of aliphatic hydroxyl groups is 1. The van der Waals surface area contributed by atoms with Gasteiger partial charge < -0.3 is 25.4 Å². The van der Waals surface area contributed by atoms with E-state index in [1.165, 1.54) is 0 Å². The first-order valence-electron chi connectivity index (χ1n) is 13.7. The zero-order valence-corrected chi connectivity index (χ0v) is 23.0. The molecule has 3 heterocycles. The van der Waals surface area contributed by atoms with Gasteiger partial charge in [-0.2, -0.15) is 0 Å². The van der Waals surface area contributed by atoms with E-state index in [2.05, 4.69) is 10.6 Å². The SMILES string of the molecule is CC[C@H](C)[C@H](CO)N1C(=O)[C@@H]2[C@@H](C(=O)NCc3ccccc3)[C@@]3(CC)CCC2(O3)C1C(=O)NC(C)(C)C. The van der Waals surface area contributed by atoms with Gasteiger partial charge in [0, 0.05) is 12.1 Å². The molecule has 0 saturated carbocycles. The van der Waals surface area contributed by atoms with Crippen LogP contribution in [0.1, 0.15) is 72.8 Å². The van der Waals surface area contributed by atoms with E-state index in [0.29, 0.717) is 25.8 Å². The van der Waals surface area contributed by atoms with Crippen LogP contribution in [0.15, 0.2) is 30.3 Å². The van der Waals surface area contributed by atoms with E-state index < -0.39 is 40.7 Å². The summed E-state index contributed by atoms with van der Waals surface area (Å²) < 4.78 is 6.80. The van der Waals surface area contributed by atoms with Gasteiger partial charge in [0.05, 0.1) is 30.1 Å². The first-order valence-corrected chi connectivity index (χ1v) is 13.7. The minimum Gasteiger partial charge on any atom is -0.394 e. The van der Waals surface area contributed by atoms with Crippen molar-refractivity contribution in [2.24, 2.45) is 17.8 Å². The van der Waals surface area contributed by atoms with Crippen LogP contribution in [-0.2, 0) is 25.7 Å². The number of nitrogens with zero attached hydrogens (tertiary/aromatic N) is 1. The molecular formula is C29H43N3O5. The highest BCUT2D eigenvalue weighted by Crippen LogP contribution is 2.64. The molecule has 3 aliphatic rings. The number of carbonyl (C=O) groups is 3. The topological polar surface area (TPSA) is 108 Å². The maximum absolute atomic E-state index is 14.3. The first kappa shape index (κ1) is 27.6. The van der Waals surface area contributed by atoms with E-state index in [0.717, 1.165) is 12.0 Å². The van der Waals surface area contributed by atoms with Crippen LogP contribution in [0.3, 0.4) is 0 Å². The van der Waals surface area contributed by atoms with Crippen LogP contribution in [0.4, 0.5) is 0 Å². The van der Waals surface area contributed by atoms with Crippen molar-refractivity contribution in [3.05, 3.63) is 35.9 Å². The first-order chi connectivity index (χ1) is 17.4. The molecule has 3 N–H and O–H groups in total. The fourth-order valence-electron chi connectivity index (χ4n) is 6.86. The normalized spacial score (nSPS) is 32.2. The van der Waals surface area contributed by atoms with Gasteiger partial charge in [-0.1, -0.05) is 57.5 Å². The molecule has 204 valence electrons. The molecule has 0 aromatic heterocycles. The molecule has 7 atom stereocenters. The summed E-state index contributed by atoms with van der Waals surface area (Å²) in [5.41, 5.74) is -1.44. The zero-order chi connectivity index (χ0) is 27.2. The average molecular weight is 514 g/mol. The number of benzene rings is 1. The Hall–Kier alpha value is -2.45. The highest BCUT2D eigenvalue weighted by atomic mass is 16.5. The van der Waals surface area contributed by atoms with E-state index in [-0.39, 0.29) is 30.2 Å². The number of hydrogen-bond acceptors (Lipinski definition) is 5. The van der Waals surface area contributed by atoms with Crippen LogP contribution in [-0.4, -0.2) is 63.2 Å². The molecule has 2 bridgehead atoms. The molecule has 8 heteroatoms. The van der Waals surface area contributed by atoms with Crippen molar-refractivity contribution in [3.63, 3.8) is 0 Å². The van der Waals surface area contributed by atoms with Gasteiger partial charge in [-0.15, -0.1) is 0 Å². The fourth-order valence-corrected chi connectivity index (χ4v) is 6.86. The molecule has 3 amide bonds. The summed E-state index contributed by atoms with van der Waals surface area (Å²) in [6, 6.07) is 8.21. The van der Waals surface area contributed by atoms with Gasteiger partial charge in [-0.25, -0.2) is 0 Å². The third-order valence-corrected chi connectivity index (χ3v) is 8.80. The highest BCUT2D eigenvalue weighted by Gasteiger charge is 2.79. The van der Waals surface area contributed by atoms with Crippen LogP contribution in [0.2, 0.25) is 0 Å². The maximum atomic E-state index is 14.3. The van der Waals surface area contributed by atoms with Crippen LogP contribution in [0, 0.1) is 17.8 Å². The number of nitrogens with one attached hydrogen (secondary N) is 2. The van der Waals surface area contributed by atoms with E-state index in [4.69, 9.17) is 4.74 Å². The van der Waals surface area contributed by atoms with Crippen LogP contribution >= 0.6 is 0 Å². The minimum absolute atomic E-state index is 0.0307. The number of fused-ring (bicyclic) bond motifs is 1. The Labute approximate surface area is 220 Å². The second-order valence-electron chi connectivity index (χ2n) is 12.2. The van der Waals surface area contributed by atoms with Crippen LogP contribution < -0.4 is 10.6 Å². The van der Waals surface area contributed by atoms with Gasteiger partial charge in [-0.05, 0) is 51.5 Å². The molecule has 0 radical (unpaired) electrons. The molecule has 4 rings (SSSR count). The summed E-state index contributed by atoms with van der Waals surface area (Å²) in [5, 5.41) is 16.5. The van der Waals surface area contributed by atoms with Gasteiger partial charge >= 0.3 is 0 Å². The lowest BCUT2D eigenvalue weighted by molar-refractivity contribution is -0.153. The summed E-state index contributed by atoms with van der Waals surface area (Å²) in [7, 11) is 0. The van der Waals surface area contributed by atoms with E-state index in [1.54, 1.807) is 4.90 Å². The number of amides is 3. The van der Waals surface area contributed by atoms with Gasteiger partial charge in [0.2, 0.25) is 17.7 Å². The average Bonchev–Trinajstić information content (AvgIpc) is 3.46. The molecule has 0 aliphatic carbocycles. The lowest BCUT2D eigenvalue weighted by Crippen LogP contribution is -2.61. The quantitative estimate of drug-likeness (QED) is 0.471. The minimum atomic E-state index is -1.10.